The zero-order chi connectivity index (χ0) is 17.2. The van der Waals surface area contributed by atoms with E-state index in [1.807, 2.05) is 0 Å². The Hall–Kier alpha value is -1.14. The highest BCUT2D eigenvalue weighted by atomic mass is 16.5. The Morgan fingerprint density at radius 1 is 0.826 bits per heavy atom. The number of carboxylic acids is 1. The van der Waals surface area contributed by atoms with Crippen molar-refractivity contribution in [2.45, 2.75) is 64.7 Å². The molecule has 2 N–H and O–H groups in total. The van der Waals surface area contributed by atoms with E-state index in [1.54, 1.807) is 0 Å². The minimum absolute atomic E-state index is 0.0302. The average molecular weight is 331 g/mol. The molecular formula is C17H33NO5. The van der Waals surface area contributed by atoms with E-state index in [0.717, 1.165) is 19.4 Å². The fraction of sp³-hybridized carbons (Fsp3) is 0.882. The van der Waals surface area contributed by atoms with Gasteiger partial charge in [-0.25, -0.2) is 0 Å². The number of hydrogen-bond acceptors (Lipinski definition) is 4. The van der Waals surface area contributed by atoms with Crippen LogP contribution < -0.4 is 5.32 Å². The summed E-state index contributed by atoms with van der Waals surface area (Å²) >= 11 is 0. The molecule has 0 heterocycles. The number of carboxylic acid groups (broad SMARTS) is 1. The lowest BCUT2D eigenvalue weighted by Gasteiger charge is -2.07. The fourth-order valence-electron chi connectivity index (χ4n) is 2.02. The van der Waals surface area contributed by atoms with Crippen LogP contribution in [0.25, 0.3) is 0 Å². The molecule has 0 aliphatic carbocycles. The second-order valence-electron chi connectivity index (χ2n) is 5.59. The Kier molecular flexibility index (Phi) is 16.4. The zero-order valence-electron chi connectivity index (χ0n) is 14.5. The number of hydrogen-bond donors (Lipinski definition) is 2. The second-order valence-corrected chi connectivity index (χ2v) is 5.59. The van der Waals surface area contributed by atoms with Crippen molar-refractivity contribution >= 4 is 11.9 Å². The molecule has 0 saturated heterocycles. The van der Waals surface area contributed by atoms with Crippen molar-refractivity contribution in [2.24, 2.45) is 0 Å². The van der Waals surface area contributed by atoms with Gasteiger partial charge in [-0.05, 0) is 12.8 Å². The van der Waals surface area contributed by atoms with Crippen LogP contribution in [0.15, 0.2) is 0 Å². The Bertz CT molecular complexity index is 297. The topological polar surface area (TPSA) is 84.9 Å². The van der Waals surface area contributed by atoms with Crippen molar-refractivity contribution in [1.82, 2.24) is 5.32 Å². The number of unbranched alkanes of at least 4 members (excludes halogenated alkanes) is 5. The predicted octanol–water partition coefficient (Wildman–Crippen LogP) is 2.75. The quantitative estimate of drug-likeness (QED) is 0.400. The summed E-state index contributed by atoms with van der Waals surface area (Å²) in [6.45, 7) is 5.28. The summed E-state index contributed by atoms with van der Waals surface area (Å²) in [5, 5.41) is 11.1. The van der Waals surface area contributed by atoms with Crippen molar-refractivity contribution in [1.29, 1.82) is 0 Å². The molecule has 6 nitrogen and oxygen atoms in total. The minimum atomic E-state index is -0.954. The van der Waals surface area contributed by atoms with Gasteiger partial charge in [-0.3, -0.25) is 9.59 Å². The summed E-state index contributed by atoms with van der Waals surface area (Å²) in [5.41, 5.74) is 0. The van der Waals surface area contributed by atoms with Gasteiger partial charge < -0.3 is 19.9 Å². The number of ether oxygens (including phenoxy) is 2. The molecule has 0 fully saturated rings. The molecule has 0 aliphatic heterocycles. The molecule has 1 amide bonds. The number of amides is 1. The number of aliphatic carboxylic acids is 1. The van der Waals surface area contributed by atoms with Crippen molar-refractivity contribution in [3.8, 4) is 0 Å². The molecule has 0 unspecified atom stereocenters. The van der Waals surface area contributed by atoms with Gasteiger partial charge in [-0.1, -0.05) is 39.0 Å². The van der Waals surface area contributed by atoms with Crippen LogP contribution in [0, 0.1) is 0 Å². The van der Waals surface area contributed by atoms with Gasteiger partial charge in [0.25, 0.3) is 0 Å². The average Bonchev–Trinajstić information content (AvgIpc) is 2.53. The Balaban J connectivity index is 3.10. The van der Waals surface area contributed by atoms with Gasteiger partial charge in [-0.15, -0.1) is 0 Å². The summed E-state index contributed by atoms with van der Waals surface area (Å²) in [6.07, 6.45) is 8.21. The molecule has 0 saturated carbocycles. The van der Waals surface area contributed by atoms with Crippen LogP contribution in [0.5, 0.6) is 0 Å². The third kappa shape index (κ3) is 18.8. The van der Waals surface area contributed by atoms with Crippen LogP contribution in [0.3, 0.4) is 0 Å². The van der Waals surface area contributed by atoms with Crippen LogP contribution in [-0.2, 0) is 19.1 Å². The maximum atomic E-state index is 11.2. The monoisotopic (exact) mass is 331 g/mol. The highest BCUT2D eigenvalue weighted by Crippen LogP contribution is 2.04. The normalized spacial score (nSPS) is 10.7. The molecule has 0 aliphatic rings. The summed E-state index contributed by atoms with van der Waals surface area (Å²) in [6, 6.07) is 0. The molecule has 136 valence electrons. The lowest BCUT2D eigenvalue weighted by Crippen LogP contribution is -2.25. The van der Waals surface area contributed by atoms with Gasteiger partial charge in [-0.2, -0.15) is 0 Å². The Morgan fingerprint density at radius 2 is 1.43 bits per heavy atom. The van der Waals surface area contributed by atoms with Crippen LogP contribution in [0.2, 0.25) is 0 Å². The zero-order valence-corrected chi connectivity index (χ0v) is 14.5. The van der Waals surface area contributed by atoms with Crippen LogP contribution in [0.1, 0.15) is 64.7 Å². The highest BCUT2D eigenvalue weighted by Gasteiger charge is 2.03. The first-order chi connectivity index (χ1) is 11.2. The third-order valence-corrected chi connectivity index (χ3v) is 3.37. The summed E-state index contributed by atoms with van der Waals surface area (Å²) < 4.78 is 10.9. The maximum Gasteiger partial charge on any atom is 0.303 e. The van der Waals surface area contributed by atoms with Gasteiger partial charge in [0, 0.05) is 26.2 Å². The first-order valence-corrected chi connectivity index (χ1v) is 8.80. The van der Waals surface area contributed by atoms with Crippen LogP contribution in [0.4, 0.5) is 0 Å². The fourth-order valence-corrected chi connectivity index (χ4v) is 2.02. The minimum Gasteiger partial charge on any atom is -0.481 e. The van der Waals surface area contributed by atoms with Crippen LogP contribution >= 0.6 is 0 Å². The standard InChI is InChI=1S/C17H33NO5/c1-2-3-4-5-6-7-12-22-14-15-23-13-8-11-18-16(19)9-10-17(20)21/h2-15H2,1H3,(H,18,19)(H,20,21). The largest absolute Gasteiger partial charge is 0.481 e. The first kappa shape index (κ1) is 21.9. The van der Waals surface area contributed by atoms with E-state index in [2.05, 4.69) is 12.2 Å². The molecule has 23 heavy (non-hydrogen) atoms. The number of nitrogens with one attached hydrogen (secondary N) is 1. The molecule has 0 aromatic rings. The van der Waals surface area contributed by atoms with Crippen LogP contribution in [-0.4, -0.2) is 50.0 Å². The molecule has 0 bridgehead atoms. The number of carbonyl (C=O) groups is 2. The highest BCUT2D eigenvalue weighted by molar-refractivity contribution is 5.80. The smallest absolute Gasteiger partial charge is 0.303 e. The molecular weight excluding hydrogens is 298 g/mol. The van der Waals surface area contributed by atoms with Gasteiger partial charge >= 0.3 is 5.97 Å². The van der Waals surface area contributed by atoms with Gasteiger partial charge in [0.05, 0.1) is 19.6 Å². The Morgan fingerprint density at radius 3 is 2.09 bits per heavy atom. The van der Waals surface area contributed by atoms with E-state index in [0.29, 0.717) is 26.4 Å². The number of carbonyl (C=O) groups excluding carboxylic acids is 1. The number of rotatable bonds is 17. The van der Waals surface area contributed by atoms with Gasteiger partial charge in [0.1, 0.15) is 0 Å². The maximum absolute atomic E-state index is 11.2. The predicted molar refractivity (Wildman–Crippen MR) is 89.5 cm³/mol. The molecule has 0 aromatic carbocycles. The van der Waals surface area contributed by atoms with Crippen molar-refractivity contribution < 1.29 is 24.2 Å². The summed E-state index contributed by atoms with van der Waals surface area (Å²) in [5.74, 6) is -1.18. The molecule has 0 atom stereocenters. The molecule has 0 rings (SSSR count). The van der Waals surface area contributed by atoms with E-state index in [-0.39, 0.29) is 18.7 Å². The summed E-state index contributed by atoms with van der Waals surface area (Å²) in [4.78, 5) is 21.5. The van der Waals surface area contributed by atoms with E-state index < -0.39 is 5.97 Å². The van der Waals surface area contributed by atoms with Crippen molar-refractivity contribution in [2.75, 3.05) is 33.0 Å². The van der Waals surface area contributed by atoms with Gasteiger partial charge in [0.15, 0.2) is 0 Å². The second kappa shape index (κ2) is 17.2. The SMILES string of the molecule is CCCCCCCCOCCOCCCNC(=O)CCC(=O)O. The van der Waals surface area contributed by atoms with Crippen molar-refractivity contribution in [3.05, 3.63) is 0 Å². The van der Waals surface area contributed by atoms with Gasteiger partial charge in [0.2, 0.25) is 5.91 Å². The molecule has 0 spiro atoms. The van der Waals surface area contributed by atoms with Crippen molar-refractivity contribution in [3.63, 3.8) is 0 Å². The van der Waals surface area contributed by atoms with E-state index in [4.69, 9.17) is 14.6 Å². The lowest BCUT2D eigenvalue weighted by atomic mass is 10.1. The molecule has 6 heteroatoms. The van der Waals surface area contributed by atoms with E-state index in [1.165, 1.54) is 32.1 Å². The first-order valence-electron chi connectivity index (χ1n) is 8.80. The molecule has 0 radical (unpaired) electrons. The third-order valence-electron chi connectivity index (χ3n) is 3.37. The van der Waals surface area contributed by atoms with E-state index in [9.17, 15) is 9.59 Å². The summed E-state index contributed by atoms with van der Waals surface area (Å²) in [7, 11) is 0. The van der Waals surface area contributed by atoms with E-state index >= 15 is 0 Å². The lowest BCUT2D eigenvalue weighted by molar-refractivity contribution is -0.138. The molecule has 0 aromatic heterocycles. The Labute approximate surface area is 139 Å².